The van der Waals surface area contributed by atoms with Gasteiger partial charge in [0, 0.05) is 56.5 Å². The lowest BCUT2D eigenvalue weighted by molar-refractivity contribution is 0.125. The van der Waals surface area contributed by atoms with E-state index in [-0.39, 0.29) is 0 Å². The molecular formula is C16H26ClN3. The zero-order valence-electron chi connectivity index (χ0n) is 12.6. The van der Waals surface area contributed by atoms with Gasteiger partial charge in [-0.15, -0.1) is 0 Å². The van der Waals surface area contributed by atoms with E-state index in [1.807, 2.05) is 18.2 Å². The van der Waals surface area contributed by atoms with Crippen LogP contribution in [0.25, 0.3) is 0 Å². The van der Waals surface area contributed by atoms with E-state index in [9.17, 15) is 0 Å². The first-order chi connectivity index (χ1) is 9.63. The summed E-state index contributed by atoms with van der Waals surface area (Å²) in [5.74, 6) is 0.769. The van der Waals surface area contributed by atoms with Crippen LogP contribution < -0.4 is 5.32 Å². The van der Waals surface area contributed by atoms with Gasteiger partial charge in [0.25, 0.3) is 0 Å². The highest BCUT2D eigenvalue weighted by molar-refractivity contribution is 6.30. The van der Waals surface area contributed by atoms with E-state index in [2.05, 4.69) is 35.0 Å². The fourth-order valence-electron chi connectivity index (χ4n) is 2.67. The maximum absolute atomic E-state index is 5.97. The molecule has 0 amide bonds. The van der Waals surface area contributed by atoms with Crippen molar-refractivity contribution in [1.29, 1.82) is 0 Å². The van der Waals surface area contributed by atoms with E-state index < -0.39 is 0 Å². The average molecular weight is 296 g/mol. The Kier molecular flexibility index (Phi) is 6.14. The number of anilines is 1. The van der Waals surface area contributed by atoms with Crippen LogP contribution in [0.5, 0.6) is 0 Å². The first kappa shape index (κ1) is 15.6. The summed E-state index contributed by atoms with van der Waals surface area (Å²) in [6, 6.07) is 7.92. The SMILES string of the molecule is CC(C)CN1CCN(CCNc2cccc(Cl)c2)CC1. The molecule has 1 aromatic carbocycles. The van der Waals surface area contributed by atoms with Crippen LogP contribution in [0.15, 0.2) is 24.3 Å². The van der Waals surface area contributed by atoms with E-state index in [0.717, 1.165) is 29.7 Å². The summed E-state index contributed by atoms with van der Waals surface area (Å²) in [5, 5.41) is 4.23. The first-order valence-electron chi connectivity index (χ1n) is 7.57. The molecule has 0 bridgehead atoms. The van der Waals surface area contributed by atoms with Crippen LogP contribution in [0.4, 0.5) is 5.69 Å². The quantitative estimate of drug-likeness (QED) is 0.870. The van der Waals surface area contributed by atoms with Crippen molar-refractivity contribution < 1.29 is 0 Å². The molecule has 0 spiro atoms. The molecule has 4 heteroatoms. The van der Waals surface area contributed by atoms with Crippen LogP contribution in [-0.2, 0) is 0 Å². The van der Waals surface area contributed by atoms with E-state index in [1.54, 1.807) is 0 Å². The Morgan fingerprint density at radius 3 is 2.50 bits per heavy atom. The van der Waals surface area contributed by atoms with Crippen molar-refractivity contribution in [2.24, 2.45) is 5.92 Å². The van der Waals surface area contributed by atoms with Crippen LogP contribution in [0.2, 0.25) is 5.02 Å². The third-order valence-corrected chi connectivity index (χ3v) is 3.91. The maximum atomic E-state index is 5.97. The molecule has 0 saturated carbocycles. The number of halogens is 1. The third-order valence-electron chi connectivity index (χ3n) is 3.67. The molecular weight excluding hydrogens is 270 g/mol. The van der Waals surface area contributed by atoms with Crippen molar-refractivity contribution in [3.63, 3.8) is 0 Å². The Morgan fingerprint density at radius 1 is 1.15 bits per heavy atom. The monoisotopic (exact) mass is 295 g/mol. The lowest BCUT2D eigenvalue weighted by atomic mass is 10.2. The molecule has 0 unspecified atom stereocenters. The summed E-state index contributed by atoms with van der Waals surface area (Å²) in [6.07, 6.45) is 0. The Balaban J connectivity index is 1.64. The molecule has 2 rings (SSSR count). The van der Waals surface area contributed by atoms with Crippen LogP contribution in [-0.4, -0.2) is 55.6 Å². The fourth-order valence-corrected chi connectivity index (χ4v) is 2.86. The van der Waals surface area contributed by atoms with Crippen molar-refractivity contribution >= 4 is 17.3 Å². The molecule has 1 N–H and O–H groups in total. The zero-order chi connectivity index (χ0) is 14.4. The van der Waals surface area contributed by atoms with Crippen molar-refractivity contribution in [3.05, 3.63) is 29.3 Å². The van der Waals surface area contributed by atoms with Crippen molar-refractivity contribution in [2.45, 2.75) is 13.8 Å². The second-order valence-electron chi connectivity index (χ2n) is 5.97. The molecule has 3 nitrogen and oxygen atoms in total. The van der Waals surface area contributed by atoms with Gasteiger partial charge < -0.3 is 10.2 Å². The number of benzene rings is 1. The summed E-state index contributed by atoms with van der Waals surface area (Å²) in [7, 11) is 0. The van der Waals surface area contributed by atoms with Crippen molar-refractivity contribution in [2.75, 3.05) is 51.1 Å². The number of hydrogen-bond donors (Lipinski definition) is 1. The van der Waals surface area contributed by atoms with Crippen LogP contribution in [0, 0.1) is 5.92 Å². The van der Waals surface area contributed by atoms with Gasteiger partial charge in [0.05, 0.1) is 0 Å². The van der Waals surface area contributed by atoms with Crippen LogP contribution in [0.3, 0.4) is 0 Å². The minimum Gasteiger partial charge on any atom is -0.384 e. The van der Waals surface area contributed by atoms with Gasteiger partial charge in [-0.25, -0.2) is 0 Å². The number of rotatable bonds is 6. The standard InChI is InChI=1S/C16H26ClN3/c1-14(2)13-20-10-8-19(9-11-20)7-6-18-16-5-3-4-15(17)12-16/h3-5,12,14,18H,6-11,13H2,1-2H3. The van der Waals surface area contributed by atoms with E-state index in [0.29, 0.717) is 0 Å². The highest BCUT2D eigenvalue weighted by Crippen LogP contribution is 2.14. The summed E-state index contributed by atoms with van der Waals surface area (Å²) >= 11 is 5.97. The second kappa shape index (κ2) is 7.87. The van der Waals surface area contributed by atoms with E-state index >= 15 is 0 Å². The Labute approximate surface area is 127 Å². The normalized spacial score (nSPS) is 17.6. The van der Waals surface area contributed by atoms with Gasteiger partial charge in [-0.2, -0.15) is 0 Å². The predicted octanol–water partition coefficient (Wildman–Crippen LogP) is 3.03. The molecule has 1 aromatic rings. The number of nitrogens with zero attached hydrogens (tertiary/aromatic N) is 2. The second-order valence-corrected chi connectivity index (χ2v) is 6.41. The van der Waals surface area contributed by atoms with E-state index in [1.165, 1.54) is 32.7 Å². The average Bonchev–Trinajstić information content (AvgIpc) is 2.40. The summed E-state index contributed by atoms with van der Waals surface area (Å²) in [6.45, 7) is 12.7. The molecule has 1 saturated heterocycles. The molecule has 112 valence electrons. The lowest BCUT2D eigenvalue weighted by Crippen LogP contribution is -2.48. The lowest BCUT2D eigenvalue weighted by Gasteiger charge is -2.35. The summed E-state index contributed by atoms with van der Waals surface area (Å²) < 4.78 is 0. The van der Waals surface area contributed by atoms with Gasteiger partial charge in [-0.05, 0) is 24.1 Å². The zero-order valence-corrected chi connectivity index (χ0v) is 13.4. The maximum Gasteiger partial charge on any atom is 0.0426 e. The van der Waals surface area contributed by atoms with Crippen molar-refractivity contribution in [1.82, 2.24) is 9.80 Å². The van der Waals surface area contributed by atoms with Gasteiger partial charge >= 0.3 is 0 Å². The minimum absolute atomic E-state index is 0.769. The fraction of sp³-hybridized carbons (Fsp3) is 0.625. The molecule has 1 heterocycles. The Bertz CT molecular complexity index is 400. The van der Waals surface area contributed by atoms with Gasteiger partial charge in [0.2, 0.25) is 0 Å². The first-order valence-corrected chi connectivity index (χ1v) is 7.95. The van der Waals surface area contributed by atoms with Gasteiger partial charge in [0.1, 0.15) is 0 Å². The highest BCUT2D eigenvalue weighted by Gasteiger charge is 2.16. The number of hydrogen-bond acceptors (Lipinski definition) is 3. The van der Waals surface area contributed by atoms with Crippen molar-refractivity contribution in [3.8, 4) is 0 Å². The molecule has 1 aliphatic heterocycles. The molecule has 1 aliphatic rings. The van der Waals surface area contributed by atoms with Gasteiger partial charge in [-0.1, -0.05) is 31.5 Å². The summed E-state index contributed by atoms with van der Waals surface area (Å²) in [5.41, 5.74) is 1.11. The molecule has 0 aliphatic carbocycles. The highest BCUT2D eigenvalue weighted by atomic mass is 35.5. The van der Waals surface area contributed by atoms with Gasteiger partial charge in [-0.3, -0.25) is 4.90 Å². The molecule has 0 aromatic heterocycles. The number of piperazine rings is 1. The minimum atomic E-state index is 0.769. The molecule has 0 radical (unpaired) electrons. The molecule has 1 fully saturated rings. The predicted molar refractivity (Wildman–Crippen MR) is 87.7 cm³/mol. The Hall–Kier alpha value is -0.770. The summed E-state index contributed by atoms with van der Waals surface area (Å²) in [4.78, 5) is 5.11. The third kappa shape index (κ3) is 5.31. The largest absolute Gasteiger partial charge is 0.384 e. The molecule has 0 atom stereocenters. The molecule has 20 heavy (non-hydrogen) atoms. The van der Waals surface area contributed by atoms with Gasteiger partial charge in [0.15, 0.2) is 0 Å². The van der Waals surface area contributed by atoms with Crippen LogP contribution >= 0.6 is 11.6 Å². The Morgan fingerprint density at radius 2 is 1.85 bits per heavy atom. The van der Waals surface area contributed by atoms with E-state index in [4.69, 9.17) is 11.6 Å². The number of nitrogens with one attached hydrogen (secondary N) is 1. The van der Waals surface area contributed by atoms with Crippen LogP contribution in [0.1, 0.15) is 13.8 Å². The smallest absolute Gasteiger partial charge is 0.0426 e. The topological polar surface area (TPSA) is 18.5 Å².